The van der Waals surface area contributed by atoms with E-state index in [9.17, 15) is 18.0 Å². The van der Waals surface area contributed by atoms with Crippen LogP contribution in [0.4, 0.5) is 11.4 Å². The van der Waals surface area contributed by atoms with E-state index < -0.39 is 25.9 Å². The third kappa shape index (κ3) is 5.99. The fourth-order valence-corrected chi connectivity index (χ4v) is 6.93. The topological polar surface area (TPSA) is 102 Å². The molecule has 3 rings (SSSR count). The average Bonchev–Trinajstić information content (AvgIpc) is 3.23. The lowest BCUT2D eigenvalue weighted by molar-refractivity contribution is -0.142. The Kier molecular flexibility index (Phi) is 8.50. The van der Waals surface area contributed by atoms with Gasteiger partial charge in [-0.25, -0.2) is 8.42 Å². The van der Waals surface area contributed by atoms with E-state index in [4.69, 9.17) is 9.47 Å². The monoisotopic (exact) mass is 518 g/mol. The van der Waals surface area contributed by atoms with Crippen LogP contribution in [0.1, 0.15) is 26.3 Å². The van der Waals surface area contributed by atoms with Gasteiger partial charge in [0.2, 0.25) is 15.9 Å². The van der Waals surface area contributed by atoms with Gasteiger partial charge in [0.1, 0.15) is 15.7 Å². The molecule has 2 unspecified atom stereocenters. The molecule has 35 heavy (non-hydrogen) atoms. The first kappa shape index (κ1) is 26.6. The summed E-state index contributed by atoms with van der Waals surface area (Å²) in [5.74, 6) is -0.163. The number of carbonyl (C=O) groups excluding carboxylic acids is 2. The summed E-state index contributed by atoms with van der Waals surface area (Å²) in [5, 5.41) is 3.38. The Morgan fingerprint density at radius 2 is 1.83 bits per heavy atom. The molecule has 0 saturated carbocycles. The molecule has 10 heteroatoms. The van der Waals surface area contributed by atoms with Gasteiger partial charge in [-0.1, -0.05) is 18.2 Å². The fourth-order valence-electron chi connectivity index (χ4n) is 3.70. The molecule has 0 radical (unpaired) electrons. The molecular formula is C25H30N2O6S2. The van der Waals surface area contributed by atoms with Crippen LogP contribution in [0.25, 0.3) is 0 Å². The largest absolute Gasteiger partial charge is 0.494 e. The van der Waals surface area contributed by atoms with Crippen molar-refractivity contribution in [3.05, 3.63) is 65.6 Å². The lowest BCUT2D eigenvalue weighted by atomic mass is 10.1. The first-order chi connectivity index (χ1) is 16.6. The van der Waals surface area contributed by atoms with Gasteiger partial charge in [-0.15, -0.1) is 11.8 Å². The Bertz CT molecular complexity index is 1200. The van der Waals surface area contributed by atoms with Gasteiger partial charge < -0.3 is 14.8 Å². The number of rotatable bonds is 10. The molecule has 2 atom stereocenters. The van der Waals surface area contributed by atoms with Gasteiger partial charge >= 0.3 is 5.97 Å². The number of nitrogens with zero attached hydrogens (tertiary/aromatic N) is 1. The van der Waals surface area contributed by atoms with Crippen LogP contribution in [0.3, 0.4) is 0 Å². The van der Waals surface area contributed by atoms with Crippen molar-refractivity contribution in [2.24, 2.45) is 0 Å². The molecule has 1 heterocycles. The van der Waals surface area contributed by atoms with E-state index in [1.807, 2.05) is 6.92 Å². The minimum absolute atomic E-state index is 0.0784. The van der Waals surface area contributed by atoms with Crippen molar-refractivity contribution < 1.29 is 27.5 Å². The van der Waals surface area contributed by atoms with E-state index in [0.29, 0.717) is 35.9 Å². The molecule has 2 aromatic rings. The van der Waals surface area contributed by atoms with Crippen LogP contribution in [-0.4, -0.2) is 50.6 Å². The maximum atomic E-state index is 13.6. The van der Waals surface area contributed by atoms with Crippen LogP contribution < -0.4 is 14.4 Å². The Labute approximate surface area is 210 Å². The summed E-state index contributed by atoms with van der Waals surface area (Å²) >= 11 is 1.16. The second-order valence-electron chi connectivity index (χ2n) is 8.05. The molecular weight excluding hydrogens is 488 g/mol. The van der Waals surface area contributed by atoms with E-state index in [-0.39, 0.29) is 12.4 Å². The van der Waals surface area contributed by atoms with E-state index >= 15 is 0 Å². The first-order valence-corrected chi connectivity index (χ1v) is 13.6. The summed E-state index contributed by atoms with van der Waals surface area (Å²) in [4.78, 5) is 25.1. The number of benzene rings is 2. The lowest BCUT2D eigenvalue weighted by Crippen LogP contribution is -2.51. The van der Waals surface area contributed by atoms with Crippen LogP contribution in [0, 0.1) is 0 Å². The number of hydrogen-bond donors (Lipinski definition) is 1. The SMILES string of the molecule is CCOC(=O)Cc1cccc(NC(=O)C2(C)SC=CC2S(=O)(=O)N(C)c2ccc(OCC)cc2)c1. The molecule has 0 fully saturated rings. The number of esters is 1. The predicted molar refractivity (Wildman–Crippen MR) is 139 cm³/mol. The minimum atomic E-state index is -3.93. The number of anilines is 2. The zero-order chi connectivity index (χ0) is 25.6. The molecule has 0 saturated heterocycles. The van der Waals surface area contributed by atoms with Crippen molar-refractivity contribution in [2.75, 3.05) is 29.9 Å². The number of thioether (sulfide) groups is 1. The smallest absolute Gasteiger partial charge is 0.310 e. The maximum Gasteiger partial charge on any atom is 0.310 e. The second-order valence-corrected chi connectivity index (χ2v) is 11.5. The second kappa shape index (κ2) is 11.2. The Morgan fingerprint density at radius 1 is 1.11 bits per heavy atom. The molecule has 188 valence electrons. The van der Waals surface area contributed by atoms with Crippen LogP contribution >= 0.6 is 11.8 Å². The average molecular weight is 519 g/mol. The van der Waals surface area contributed by atoms with Gasteiger partial charge in [-0.2, -0.15) is 0 Å². The van der Waals surface area contributed by atoms with Crippen LogP contribution in [0.5, 0.6) is 5.75 Å². The lowest BCUT2D eigenvalue weighted by Gasteiger charge is -2.32. The summed E-state index contributed by atoms with van der Waals surface area (Å²) in [7, 11) is -2.46. The van der Waals surface area contributed by atoms with E-state index in [1.165, 1.54) is 11.4 Å². The molecule has 1 N–H and O–H groups in total. The van der Waals surface area contributed by atoms with E-state index in [0.717, 1.165) is 11.8 Å². The van der Waals surface area contributed by atoms with Crippen molar-refractivity contribution >= 4 is 45.0 Å². The van der Waals surface area contributed by atoms with Crippen molar-refractivity contribution in [1.29, 1.82) is 0 Å². The highest BCUT2D eigenvalue weighted by Gasteiger charge is 2.51. The molecule has 0 bridgehead atoms. The molecule has 0 spiro atoms. The highest BCUT2D eigenvalue weighted by Crippen LogP contribution is 2.42. The number of carbonyl (C=O) groups is 2. The maximum absolute atomic E-state index is 13.6. The molecule has 1 aliphatic rings. The number of hydrogen-bond acceptors (Lipinski definition) is 7. The molecule has 0 aliphatic carbocycles. The third-order valence-electron chi connectivity index (χ3n) is 5.61. The Morgan fingerprint density at radius 3 is 2.49 bits per heavy atom. The Hall–Kier alpha value is -2.98. The van der Waals surface area contributed by atoms with Crippen LogP contribution in [-0.2, 0) is 30.8 Å². The first-order valence-electron chi connectivity index (χ1n) is 11.2. The molecule has 8 nitrogen and oxygen atoms in total. The van der Waals surface area contributed by atoms with E-state index in [1.54, 1.807) is 73.9 Å². The van der Waals surface area contributed by atoms with Crippen molar-refractivity contribution in [3.8, 4) is 5.75 Å². The molecule has 1 amide bonds. The highest BCUT2D eigenvalue weighted by atomic mass is 32.2. The van der Waals surface area contributed by atoms with Crippen molar-refractivity contribution in [2.45, 2.75) is 37.2 Å². The Balaban J connectivity index is 1.78. The van der Waals surface area contributed by atoms with Crippen molar-refractivity contribution in [1.82, 2.24) is 0 Å². The normalized spacial score (nSPS) is 19.3. The van der Waals surface area contributed by atoms with Gasteiger partial charge in [0.05, 0.1) is 25.3 Å². The quantitative estimate of drug-likeness (QED) is 0.475. The van der Waals surface area contributed by atoms with Crippen molar-refractivity contribution in [3.63, 3.8) is 0 Å². The van der Waals surface area contributed by atoms with Crippen LogP contribution in [0.15, 0.2) is 60.0 Å². The van der Waals surface area contributed by atoms with Gasteiger partial charge in [0.25, 0.3) is 0 Å². The predicted octanol–water partition coefficient (Wildman–Crippen LogP) is 3.98. The number of nitrogens with one attached hydrogen (secondary N) is 1. The minimum Gasteiger partial charge on any atom is -0.494 e. The number of sulfonamides is 1. The summed E-state index contributed by atoms with van der Waals surface area (Å²) in [6.45, 7) is 6.02. The van der Waals surface area contributed by atoms with Gasteiger partial charge in [-0.05, 0) is 68.1 Å². The zero-order valence-corrected chi connectivity index (χ0v) is 21.8. The van der Waals surface area contributed by atoms with Crippen LogP contribution in [0.2, 0.25) is 0 Å². The third-order valence-corrected chi connectivity index (χ3v) is 9.23. The summed E-state index contributed by atoms with van der Waals surface area (Å²) in [5.41, 5.74) is 1.62. The van der Waals surface area contributed by atoms with Gasteiger partial charge in [-0.3, -0.25) is 13.9 Å². The summed E-state index contributed by atoms with van der Waals surface area (Å²) in [6, 6.07) is 13.6. The molecule has 0 aromatic heterocycles. The van der Waals surface area contributed by atoms with E-state index in [2.05, 4.69) is 5.32 Å². The molecule has 1 aliphatic heterocycles. The summed E-state index contributed by atoms with van der Waals surface area (Å²) in [6.07, 6.45) is 1.62. The summed E-state index contributed by atoms with van der Waals surface area (Å²) < 4.78 is 37.4. The molecule has 2 aromatic carbocycles. The standard InChI is InChI=1S/C25H30N2O6S2/c1-5-32-21-12-10-20(11-13-21)27(4)35(30,31)22-14-15-34-25(22,3)24(29)26-19-9-7-8-18(16-19)17-23(28)33-6-2/h7-16,22H,5-6,17H2,1-4H3,(H,26,29). The zero-order valence-electron chi connectivity index (χ0n) is 20.2. The fraction of sp³-hybridized carbons (Fsp3) is 0.360. The number of ether oxygens (including phenoxy) is 2. The van der Waals surface area contributed by atoms with Gasteiger partial charge in [0, 0.05) is 12.7 Å². The highest BCUT2D eigenvalue weighted by molar-refractivity contribution is 8.06. The van der Waals surface area contributed by atoms with Gasteiger partial charge in [0.15, 0.2) is 0 Å². The number of amides is 1.